The first-order valence-corrected chi connectivity index (χ1v) is 3.90. The Morgan fingerprint density at radius 1 is 1.55 bits per heavy atom. The van der Waals surface area contributed by atoms with Crippen LogP contribution in [0.5, 0.6) is 0 Å². The van der Waals surface area contributed by atoms with Gasteiger partial charge in [0.25, 0.3) is 0 Å². The standard InChI is InChI=1S/C8H15N3/c1-5(2)4-7-6(3)10-8(9)11-7/h5H,4H2,1-3H3,(H3,9,10,11). The second kappa shape index (κ2) is 2.95. The van der Waals surface area contributed by atoms with Gasteiger partial charge in [-0.2, -0.15) is 0 Å². The Hall–Kier alpha value is -0.990. The summed E-state index contributed by atoms with van der Waals surface area (Å²) >= 11 is 0. The third-order valence-corrected chi connectivity index (χ3v) is 1.61. The summed E-state index contributed by atoms with van der Waals surface area (Å²) in [4.78, 5) is 7.15. The second-order valence-electron chi connectivity index (χ2n) is 3.29. The van der Waals surface area contributed by atoms with Gasteiger partial charge in [0.15, 0.2) is 5.95 Å². The molecular formula is C8H15N3. The molecule has 0 aliphatic rings. The molecule has 11 heavy (non-hydrogen) atoms. The average molecular weight is 153 g/mol. The molecule has 3 nitrogen and oxygen atoms in total. The van der Waals surface area contributed by atoms with Gasteiger partial charge in [-0.3, -0.25) is 0 Å². The number of hydrogen-bond donors (Lipinski definition) is 2. The molecule has 0 aliphatic heterocycles. The first-order chi connectivity index (χ1) is 5.09. The van der Waals surface area contributed by atoms with E-state index in [9.17, 15) is 0 Å². The summed E-state index contributed by atoms with van der Waals surface area (Å²) in [5, 5.41) is 0. The van der Waals surface area contributed by atoms with Crippen molar-refractivity contribution in [2.45, 2.75) is 27.2 Å². The number of hydrogen-bond acceptors (Lipinski definition) is 2. The number of aryl methyl sites for hydroxylation is 1. The van der Waals surface area contributed by atoms with Crippen molar-refractivity contribution in [2.75, 3.05) is 5.73 Å². The molecular weight excluding hydrogens is 138 g/mol. The molecule has 0 saturated heterocycles. The number of H-pyrrole nitrogens is 1. The van der Waals surface area contributed by atoms with Crippen LogP contribution in [0.2, 0.25) is 0 Å². The monoisotopic (exact) mass is 153 g/mol. The van der Waals surface area contributed by atoms with Crippen molar-refractivity contribution >= 4 is 5.95 Å². The van der Waals surface area contributed by atoms with Crippen LogP contribution in [-0.4, -0.2) is 9.97 Å². The van der Waals surface area contributed by atoms with Crippen molar-refractivity contribution in [3.05, 3.63) is 11.4 Å². The lowest BCUT2D eigenvalue weighted by atomic mass is 10.1. The summed E-state index contributed by atoms with van der Waals surface area (Å²) in [6.45, 7) is 6.34. The first kappa shape index (κ1) is 8.11. The van der Waals surface area contributed by atoms with Crippen molar-refractivity contribution in [3.63, 3.8) is 0 Å². The molecule has 3 N–H and O–H groups in total. The van der Waals surface area contributed by atoms with Crippen LogP contribution in [0.1, 0.15) is 25.2 Å². The average Bonchev–Trinajstić information content (AvgIpc) is 2.09. The molecule has 1 heterocycles. The molecule has 1 aromatic rings. The number of anilines is 1. The van der Waals surface area contributed by atoms with Gasteiger partial charge in [0.05, 0.1) is 5.69 Å². The molecule has 3 heteroatoms. The zero-order valence-corrected chi connectivity index (χ0v) is 7.31. The largest absolute Gasteiger partial charge is 0.369 e. The van der Waals surface area contributed by atoms with Crippen LogP contribution < -0.4 is 5.73 Å². The van der Waals surface area contributed by atoms with E-state index in [0.717, 1.165) is 17.8 Å². The van der Waals surface area contributed by atoms with Crippen LogP contribution in [0.3, 0.4) is 0 Å². The van der Waals surface area contributed by atoms with Crippen molar-refractivity contribution in [3.8, 4) is 0 Å². The summed E-state index contributed by atoms with van der Waals surface area (Å²) in [7, 11) is 0. The highest BCUT2D eigenvalue weighted by atomic mass is 15.0. The third-order valence-electron chi connectivity index (χ3n) is 1.61. The highest BCUT2D eigenvalue weighted by molar-refractivity contribution is 5.25. The maximum atomic E-state index is 5.49. The van der Waals surface area contributed by atoms with E-state index in [-0.39, 0.29) is 0 Å². The van der Waals surface area contributed by atoms with Crippen LogP contribution in [0.4, 0.5) is 5.95 Å². The molecule has 0 amide bonds. The number of rotatable bonds is 2. The molecule has 0 fully saturated rings. The smallest absolute Gasteiger partial charge is 0.197 e. The lowest BCUT2D eigenvalue weighted by molar-refractivity contribution is 0.635. The Morgan fingerprint density at radius 2 is 2.18 bits per heavy atom. The van der Waals surface area contributed by atoms with Crippen LogP contribution >= 0.6 is 0 Å². The Balaban J connectivity index is 2.77. The molecule has 0 atom stereocenters. The van der Waals surface area contributed by atoms with E-state index >= 15 is 0 Å². The van der Waals surface area contributed by atoms with Gasteiger partial charge in [-0.1, -0.05) is 13.8 Å². The number of nitrogens with two attached hydrogens (primary N) is 1. The van der Waals surface area contributed by atoms with Crippen molar-refractivity contribution in [1.29, 1.82) is 0 Å². The second-order valence-corrected chi connectivity index (χ2v) is 3.29. The Bertz CT molecular complexity index is 237. The predicted octanol–water partition coefficient (Wildman–Crippen LogP) is 1.50. The van der Waals surface area contributed by atoms with Gasteiger partial charge in [0, 0.05) is 5.69 Å². The predicted molar refractivity (Wildman–Crippen MR) is 46.3 cm³/mol. The molecule has 0 spiro atoms. The minimum Gasteiger partial charge on any atom is -0.369 e. The number of aromatic nitrogens is 2. The molecule has 0 radical (unpaired) electrons. The maximum absolute atomic E-state index is 5.49. The number of imidazole rings is 1. The lowest BCUT2D eigenvalue weighted by Gasteiger charge is -2.00. The first-order valence-electron chi connectivity index (χ1n) is 3.90. The topological polar surface area (TPSA) is 54.7 Å². The minimum atomic E-state index is 0.526. The van der Waals surface area contributed by atoms with Gasteiger partial charge in [-0.15, -0.1) is 0 Å². The van der Waals surface area contributed by atoms with Gasteiger partial charge in [-0.05, 0) is 19.3 Å². The fourth-order valence-electron chi connectivity index (χ4n) is 1.11. The van der Waals surface area contributed by atoms with Gasteiger partial charge in [0.2, 0.25) is 0 Å². The Kier molecular flexibility index (Phi) is 2.17. The van der Waals surface area contributed by atoms with Gasteiger partial charge in [0.1, 0.15) is 0 Å². The molecule has 0 unspecified atom stereocenters. The van der Waals surface area contributed by atoms with E-state index in [1.807, 2.05) is 6.92 Å². The van der Waals surface area contributed by atoms with Gasteiger partial charge >= 0.3 is 0 Å². The fraction of sp³-hybridized carbons (Fsp3) is 0.625. The van der Waals surface area contributed by atoms with Crippen LogP contribution in [0.25, 0.3) is 0 Å². The van der Waals surface area contributed by atoms with Crippen molar-refractivity contribution in [1.82, 2.24) is 9.97 Å². The van der Waals surface area contributed by atoms with E-state index in [2.05, 4.69) is 23.8 Å². The van der Waals surface area contributed by atoms with Crippen LogP contribution in [0.15, 0.2) is 0 Å². The Labute approximate surface area is 67.0 Å². The molecule has 0 aliphatic carbocycles. The van der Waals surface area contributed by atoms with E-state index in [1.54, 1.807) is 0 Å². The molecule has 1 aromatic heterocycles. The zero-order valence-electron chi connectivity index (χ0n) is 7.31. The summed E-state index contributed by atoms with van der Waals surface area (Å²) in [5.41, 5.74) is 7.68. The normalized spacial score (nSPS) is 10.9. The third kappa shape index (κ3) is 1.97. The van der Waals surface area contributed by atoms with Gasteiger partial charge < -0.3 is 10.7 Å². The van der Waals surface area contributed by atoms with Gasteiger partial charge in [-0.25, -0.2) is 4.98 Å². The minimum absolute atomic E-state index is 0.526. The summed E-state index contributed by atoms with van der Waals surface area (Å²) < 4.78 is 0. The van der Waals surface area contributed by atoms with E-state index in [1.165, 1.54) is 0 Å². The summed E-state index contributed by atoms with van der Waals surface area (Å²) in [6, 6.07) is 0. The zero-order chi connectivity index (χ0) is 8.43. The summed E-state index contributed by atoms with van der Waals surface area (Å²) in [6.07, 6.45) is 1.000. The molecule has 0 aromatic carbocycles. The fourth-order valence-corrected chi connectivity index (χ4v) is 1.11. The Morgan fingerprint density at radius 3 is 2.55 bits per heavy atom. The lowest BCUT2D eigenvalue weighted by Crippen LogP contribution is -1.96. The number of nitrogen functional groups attached to an aromatic ring is 1. The van der Waals surface area contributed by atoms with E-state index < -0.39 is 0 Å². The number of nitrogens with zero attached hydrogens (tertiary/aromatic N) is 1. The van der Waals surface area contributed by atoms with Crippen molar-refractivity contribution in [2.24, 2.45) is 5.92 Å². The summed E-state index contributed by atoms with van der Waals surface area (Å²) in [5.74, 6) is 1.16. The SMILES string of the molecule is Cc1[nH]c(N)nc1CC(C)C. The van der Waals surface area contributed by atoms with Crippen LogP contribution in [0, 0.1) is 12.8 Å². The molecule has 0 bridgehead atoms. The molecule has 62 valence electrons. The number of nitrogens with one attached hydrogen (secondary N) is 1. The van der Waals surface area contributed by atoms with Crippen LogP contribution in [-0.2, 0) is 6.42 Å². The van der Waals surface area contributed by atoms with Crippen molar-refractivity contribution < 1.29 is 0 Å². The van der Waals surface area contributed by atoms with E-state index in [4.69, 9.17) is 5.73 Å². The maximum Gasteiger partial charge on any atom is 0.197 e. The highest BCUT2D eigenvalue weighted by Gasteiger charge is 2.05. The number of aromatic amines is 1. The quantitative estimate of drug-likeness (QED) is 0.676. The molecule has 0 saturated carbocycles. The molecule has 1 rings (SSSR count). The highest BCUT2D eigenvalue weighted by Crippen LogP contribution is 2.10. The van der Waals surface area contributed by atoms with E-state index in [0.29, 0.717) is 11.9 Å².